The minimum absolute atomic E-state index is 0.154. The molecule has 116 valence electrons. The summed E-state index contributed by atoms with van der Waals surface area (Å²) >= 11 is 0. The molecule has 1 saturated heterocycles. The van der Waals surface area contributed by atoms with Gasteiger partial charge in [-0.15, -0.1) is 0 Å². The minimum atomic E-state index is -0.478. The monoisotopic (exact) mass is 291 g/mol. The molecule has 0 bridgehead atoms. The summed E-state index contributed by atoms with van der Waals surface area (Å²) in [7, 11) is 0. The first kappa shape index (κ1) is 15.8. The van der Waals surface area contributed by atoms with Crippen molar-refractivity contribution in [2.45, 2.75) is 45.1 Å². The number of aromatic nitrogens is 1. The van der Waals surface area contributed by atoms with Crippen LogP contribution in [0.2, 0.25) is 0 Å². The van der Waals surface area contributed by atoms with Crippen LogP contribution in [0.15, 0.2) is 18.3 Å². The molecule has 1 aromatic rings. The van der Waals surface area contributed by atoms with Crippen molar-refractivity contribution in [1.29, 1.82) is 0 Å². The van der Waals surface area contributed by atoms with Crippen LogP contribution in [0.1, 0.15) is 49.4 Å². The molecular formula is C16H25N3O2. The van der Waals surface area contributed by atoms with E-state index in [1.807, 2.05) is 6.92 Å². The summed E-state index contributed by atoms with van der Waals surface area (Å²) in [6.45, 7) is 4.22. The van der Waals surface area contributed by atoms with Gasteiger partial charge in [-0.05, 0) is 37.8 Å². The summed E-state index contributed by atoms with van der Waals surface area (Å²) in [5, 5.41) is 12.5. The molecule has 1 aliphatic heterocycles. The van der Waals surface area contributed by atoms with Gasteiger partial charge in [0.05, 0.1) is 11.7 Å². The topological polar surface area (TPSA) is 65.5 Å². The molecule has 2 N–H and O–H groups in total. The molecule has 21 heavy (non-hydrogen) atoms. The maximum atomic E-state index is 12.3. The molecule has 1 unspecified atom stereocenters. The molecule has 1 fully saturated rings. The number of piperidine rings is 1. The fourth-order valence-electron chi connectivity index (χ4n) is 2.67. The maximum Gasteiger partial charge on any atom is 0.255 e. The molecule has 0 saturated carbocycles. The van der Waals surface area contributed by atoms with Gasteiger partial charge in [0.25, 0.3) is 5.91 Å². The van der Waals surface area contributed by atoms with Gasteiger partial charge in [0, 0.05) is 25.8 Å². The number of anilines is 1. The lowest BCUT2D eigenvalue weighted by atomic mass is 10.1. The van der Waals surface area contributed by atoms with Gasteiger partial charge < -0.3 is 15.3 Å². The standard InChI is InChI=1S/C16H25N3O2/c1-2-7-13(20)12-18-16(21)14-8-6-9-17-15(14)19-10-4-3-5-11-19/h6,8-9,13,20H,2-5,7,10-12H2,1H3,(H,18,21). The second kappa shape index (κ2) is 7.98. The maximum absolute atomic E-state index is 12.3. The molecule has 0 aromatic carbocycles. The van der Waals surface area contributed by atoms with Crippen LogP contribution in [-0.4, -0.2) is 41.7 Å². The number of carbonyl (C=O) groups excluding carboxylic acids is 1. The van der Waals surface area contributed by atoms with Crippen LogP contribution < -0.4 is 10.2 Å². The van der Waals surface area contributed by atoms with Gasteiger partial charge in [-0.2, -0.15) is 0 Å². The van der Waals surface area contributed by atoms with Crippen molar-refractivity contribution in [2.75, 3.05) is 24.5 Å². The molecule has 0 spiro atoms. The van der Waals surface area contributed by atoms with Crippen LogP contribution in [0.4, 0.5) is 5.82 Å². The van der Waals surface area contributed by atoms with Gasteiger partial charge in [-0.25, -0.2) is 4.98 Å². The highest BCUT2D eigenvalue weighted by molar-refractivity contribution is 5.98. The molecule has 2 rings (SSSR count). The second-order valence-corrected chi connectivity index (χ2v) is 5.57. The Hall–Kier alpha value is -1.62. The Morgan fingerprint density at radius 2 is 2.19 bits per heavy atom. The SMILES string of the molecule is CCCC(O)CNC(=O)c1cccnc1N1CCCCC1. The van der Waals surface area contributed by atoms with E-state index in [0.29, 0.717) is 18.5 Å². The van der Waals surface area contributed by atoms with Gasteiger partial charge >= 0.3 is 0 Å². The largest absolute Gasteiger partial charge is 0.391 e. The van der Waals surface area contributed by atoms with Crippen molar-refractivity contribution in [3.63, 3.8) is 0 Å². The Bertz CT molecular complexity index is 459. The van der Waals surface area contributed by atoms with Gasteiger partial charge in [-0.1, -0.05) is 13.3 Å². The van der Waals surface area contributed by atoms with E-state index in [1.165, 1.54) is 6.42 Å². The molecule has 1 atom stereocenters. The van der Waals surface area contributed by atoms with Crippen molar-refractivity contribution >= 4 is 11.7 Å². The third-order valence-corrected chi connectivity index (χ3v) is 3.81. The number of hydrogen-bond acceptors (Lipinski definition) is 4. The lowest BCUT2D eigenvalue weighted by Crippen LogP contribution is -2.35. The highest BCUT2D eigenvalue weighted by Crippen LogP contribution is 2.21. The average molecular weight is 291 g/mol. The van der Waals surface area contributed by atoms with E-state index < -0.39 is 6.10 Å². The number of aliphatic hydroxyl groups excluding tert-OH is 1. The third-order valence-electron chi connectivity index (χ3n) is 3.81. The molecule has 1 aromatic heterocycles. The number of nitrogens with zero attached hydrogens (tertiary/aromatic N) is 2. The fourth-order valence-corrected chi connectivity index (χ4v) is 2.67. The van der Waals surface area contributed by atoms with E-state index in [2.05, 4.69) is 15.2 Å². The fraction of sp³-hybridized carbons (Fsp3) is 0.625. The number of pyridine rings is 1. The van der Waals surface area contributed by atoms with Gasteiger partial charge in [0.15, 0.2) is 0 Å². The second-order valence-electron chi connectivity index (χ2n) is 5.57. The first-order valence-corrected chi connectivity index (χ1v) is 7.88. The van der Waals surface area contributed by atoms with Crippen LogP contribution in [0, 0.1) is 0 Å². The Labute approximate surface area is 126 Å². The summed E-state index contributed by atoms with van der Waals surface area (Å²) in [6, 6.07) is 3.59. The first-order chi connectivity index (χ1) is 10.2. The lowest BCUT2D eigenvalue weighted by molar-refractivity contribution is 0.0910. The van der Waals surface area contributed by atoms with Gasteiger partial charge in [-0.3, -0.25) is 4.79 Å². The Morgan fingerprint density at radius 1 is 1.43 bits per heavy atom. The molecule has 1 amide bonds. The number of amides is 1. The number of rotatable bonds is 6. The summed E-state index contributed by atoms with van der Waals surface area (Å²) in [6.07, 6.45) is 6.39. The molecule has 0 aliphatic carbocycles. The van der Waals surface area contributed by atoms with Crippen LogP contribution in [-0.2, 0) is 0 Å². The van der Waals surface area contributed by atoms with E-state index in [0.717, 1.165) is 38.2 Å². The minimum Gasteiger partial charge on any atom is -0.391 e. The van der Waals surface area contributed by atoms with E-state index >= 15 is 0 Å². The predicted octanol–water partition coefficient (Wildman–Crippen LogP) is 1.96. The van der Waals surface area contributed by atoms with Crippen LogP contribution in [0.3, 0.4) is 0 Å². The van der Waals surface area contributed by atoms with E-state index in [-0.39, 0.29) is 5.91 Å². The zero-order valence-corrected chi connectivity index (χ0v) is 12.7. The number of aliphatic hydroxyl groups is 1. The van der Waals surface area contributed by atoms with Crippen molar-refractivity contribution in [1.82, 2.24) is 10.3 Å². The summed E-state index contributed by atoms with van der Waals surface area (Å²) in [4.78, 5) is 18.9. The zero-order chi connectivity index (χ0) is 15.1. The lowest BCUT2D eigenvalue weighted by Gasteiger charge is -2.29. The highest BCUT2D eigenvalue weighted by Gasteiger charge is 2.19. The molecule has 5 heteroatoms. The Balaban J connectivity index is 2.03. The first-order valence-electron chi connectivity index (χ1n) is 7.88. The van der Waals surface area contributed by atoms with Crippen molar-refractivity contribution in [3.8, 4) is 0 Å². The van der Waals surface area contributed by atoms with Crippen LogP contribution in [0.25, 0.3) is 0 Å². The van der Waals surface area contributed by atoms with E-state index in [1.54, 1.807) is 18.3 Å². The number of nitrogens with one attached hydrogen (secondary N) is 1. The number of carbonyl (C=O) groups is 1. The summed E-state index contributed by atoms with van der Waals surface area (Å²) in [5.41, 5.74) is 0.600. The average Bonchev–Trinajstić information content (AvgIpc) is 2.54. The Kier molecular flexibility index (Phi) is 5.99. The Morgan fingerprint density at radius 3 is 2.90 bits per heavy atom. The highest BCUT2D eigenvalue weighted by atomic mass is 16.3. The zero-order valence-electron chi connectivity index (χ0n) is 12.7. The van der Waals surface area contributed by atoms with Crippen molar-refractivity contribution in [3.05, 3.63) is 23.9 Å². The normalized spacial score (nSPS) is 16.6. The van der Waals surface area contributed by atoms with E-state index in [4.69, 9.17) is 0 Å². The molecule has 5 nitrogen and oxygen atoms in total. The predicted molar refractivity (Wildman–Crippen MR) is 83.5 cm³/mol. The number of hydrogen-bond donors (Lipinski definition) is 2. The van der Waals surface area contributed by atoms with Gasteiger partial charge in [0.2, 0.25) is 0 Å². The van der Waals surface area contributed by atoms with Gasteiger partial charge in [0.1, 0.15) is 5.82 Å². The van der Waals surface area contributed by atoms with Crippen LogP contribution in [0.5, 0.6) is 0 Å². The summed E-state index contributed by atoms with van der Waals surface area (Å²) in [5.74, 6) is 0.610. The van der Waals surface area contributed by atoms with E-state index in [9.17, 15) is 9.90 Å². The van der Waals surface area contributed by atoms with Crippen molar-refractivity contribution in [2.24, 2.45) is 0 Å². The quantitative estimate of drug-likeness (QED) is 0.841. The molecule has 2 heterocycles. The third kappa shape index (κ3) is 4.43. The molecule has 0 radical (unpaired) electrons. The summed E-state index contributed by atoms with van der Waals surface area (Å²) < 4.78 is 0. The smallest absolute Gasteiger partial charge is 0.255 e. The molecule has 1 aliphatic rings. The molecular weight excluding hydrogens is 266 g/mol. The van der Waals surface area contributed by atoms with Crippen molar-refractivity contribution < 1.29 is 9.90 Å². The van der Waals surface area contributed by atoms with Crippen LogP contribution >= 0.6 is 0 Å².